The van der Waals surface area contributed by atoms with Gasteiger partial charge in [0.25, 0.3) is 0 Å². The number of hydrogen-bond acceptors (Lipinski definition) is 1. The zero-order valence-electron chi connectivity index (χ0n) is 9.57. The zero-order valence-corrected chi connectivity index (χ0v) is 10.3. The van der Waals surface area contributed by atoms with Crippen molar-refractivity contribution in [3.63, 3.8) is 0 Å². The van der Waals surface area contributed by atoms with E-state index in [1.807, 2.05) is 6.92 Å². The number of unbranched alkanes of at least 4 members (excludes halogenated alkanes) is 2. The molecule has 0 bridgehead atoms. The predicted molar refractivity (Wildman–Crippen MR) is 64.5 cm³/mol. The number of hydrogen-bond donors (Lipinski definition) is 1. The van der Waals surface area contributed by atoms with Crippen molar-refractivity contribution in [3.8, 4) is 0 Å². The second kappa shape index (κ2) is 6.15. The number of nitrogens with one attached hydrogen (secondary N) is 1. The van der Waals surface area contributed by atoms with Crippen LogP contribution < -0.4 is 5.32 Å². The van der Waals surface area contributed by atoms with Crippen LogP contribution in [0.3, 0.4) is 0 Å². The molecule has 0 saturated heterocycles. The van der Waals surface area contributed by atoms with Crippen LogP contribution in [0.1, 0.15) is 31.7 Å². The van der Waals surface area contributed by atoms with Crippen molar-refractivity contribution in [3.05, 3.63) is 28.8 Å². The molecule has 0 spiro atoms. The molecule has 0 aliphatic carbocycles. The minimum absolute atomic E-state index is 0.0160. The normalized spacial score (nSPS) is 11.6. The van der Waals surface area contributed by atoms with Gasteiger partial charge in [0, 0.05) is 6.54 Å². The lowest BCUT2D eigenvalue weighted by Crippen LogP contribution is -2.12. The fourth-order valence-corrected chi connectivity index (χ4v) is 1.77. The Labute approximate surface area is 104 Å². The second-order valence-electron chi connectivity index (χ2n) is 3.79. The average Bonchev–Trinajstić information content (AvgIpc) is 2.24. The summed E-state index contributed by atoms with van der Waals surface area (Å²) in [4.78, 5) is 0. The van der Waals surface area contributed by atoms with Gasteiger partial charge in [0.15, 0.2) is 0 Å². The third kappa shape index (κ3) is 4.11. The van der Waals surface area contributed by atoms with E-state index in [0.29, 0.717) is 6.54 Å². The fraction of sp³-hybridized carbons (Fsp3) is 0.500. The standard InChI is InChI=1S/C12H15ClF3N/c1-2-3-4-8-17-11-9(12(14,15)16)6-5-7-10(11)13/h5-7,17H,2-4,8H2,1H3. The second-order valence-corrected chi connectivity index (χ2v) is 4.20. The van der Waals surface area contributed by atoms with Crippen LogP contribution in [-0.4, -0.2) is 6.54 Å². The Morgan fingerprint density at radius 2 is 1.94 bits per heavy atom. The third-order valence-electron chi connectivity index (χ3n) is 2.40. The van der Waals surface area contributed by atoms with Crippen molar-refractivity contribution in [2.45, 2.75) is 32.4 Å². The highest BCUT2D eigenvalue weighted by Crippen LogP contribution is 2.38. The van der Waals surface area contributed by atoms with Gasteiger partial charge in [0.1, 0.15) is 0 Å². The van der Waals surface area contributed by atoms with Crippen molar-refractivity contribution in [2.75, 3.05) is 11.9 Å². The van der Waals surface area contributed by atoms with E-state index in [2.05, 4.69) is 5.32 Å². The van der Waals surface area contributed by atoms with E-state index >= 15 is 0 Å². The number of para-hydroxylation sites is 1. The van der Waals surface area contributed by atoms with Crippen molar-refractivity contribution >= 4 is 17.3 Å². The summed E-state index contributed by atoms with van der Waals surface area (Å²) in [5, 5.41) is 2.88. The van der Waals surface area contributed by atoms with Gasteiger partial charge in [-0.2, -0.15) is 13.2 Å². The van der Waals surface area contributed by atoms with Crippen LogP contribution in [0.5, 0.6) is 0 Å². The number of benzene rings is 1. The Morgan fingerprint density at radius 1 is 1.24 bits per heavy atom. The van der Waals surface area contributed by atoms with Crippen molar-refractivity contribution in [1.82, 2.24) is 0 Å². The summed E-state index contributed by atoms with van der Waals surface area (Å²) < 4.78 is 38.1. The summed E-state index contributed by atoms with van der Waals surface area (Å²) in [6, 6.07) is 3.80. The minimum Gasteiger partial charge on any atom is -0.383 e. The SMILES string of the molecule is CCCCCNc1c(Cl)cccc1C(F)(F)F. The Kier molecular flexibility index (Phi) is 5.12. The summed E-state index contributed by atoms with van der Waals surface area (Å²) in [6.45, 7) is 2.54. The third-order valence-corrected chi connectivity index (χ3v) is 2.72. The zero-order chi connectivity index (χ0) is 12.9. The fourth-order valence-electron chi connectivity index (χ4n) is 1.53. The topological polar surface area (TPSA) is 12.0 Å². The lowest BCUT2D eigenvalue weighted by atomic mass is 10.1. The molecule has 1 aromatic rings. The Balaban J connectivity index is 2.81. The molecule has 1 N–H and O–H groups in total. The van der Waals surface area contributed by atoms with E-state index in [1.165, 1.54) is 12.1 Å². The molecular formula is C12H15ClF3N. The number of rotatable bonds is 5. The molecule has 0 aliphatic rings. The Morgan fingerprint density at radius 3 is 2.53 bits per heavy atom. The molecule has 1 aromatic carbocycles. The average molecular weight is 266 g/mol. The molecule has 17 heavy (non-hydrogen) atoms. The molecule has 0 saturated carbocycles. The molecule has 0 fully saturated rings. The first-order valence-electron chi connectivity index (χ1n) is 5.56. The number of alkyl halides is 3. The first kappa shape index (κ1) is 14.2. The molecule has 0 aromatic heterocycles. The molecule has 1 rings (SSSR count). The molecule has 0 atom stereocenters. The highest BCUT2D eigenvalue weighted by molar-refractivity contribution is 6.33. The maximum Gasteiger partial charge on any atom is 0.418 e. The van der Waals surface area contributed by atoms with Gasteiger partial charge in [0.05, 0.1) is 16.3 Å². The highest BCUT2D eigenvalue weighted by atomic mass is 35.5. The molecule has 96 valence electrons. The van der Waals surface area contributed by atoms with Crippen LogP contribution in [0.4, 0.5) is 18.9 Å². The summed E-state index contributed by atoms with van der Waals surface area (Å²) in [5.41, 5.74) is -0.723. The summed E-state index contributed by atoms with van der Waals surface area (Å²) in [5.74, 6) is 0. The van der Waals surface area contributed by atoms with Crippen molar-refractivity contribution in [2.24, 2.45) is 0 Å². The van der Waals surface area contributed by atoms with E-state index in [1.54, 1.807) is 0 Å². The highest BCUT2D eigenvalue weighted by Gasteiger charge is 2.34. The molecule has 0 amide bonds. The van der Waals surface area contributed by atoms with Crippen LogP contribution in [0.25, 0.3) is 0 Å². The van der Waals surface area contributed by atoms with Crippen LogP contribution in [-0.2, 0) is 6.18 Å². The van der Waals surface area contributed by atoms with Crippen LogP contribution in [0, 0.1) is 0 Å². The van der Waals surface area contributed by atoms with E-state index in [0.717, 1.165) is 25.3 Å². The van der Waals surface area contributed by atoms with Gasteiger partial charge in [-0.05, 0) is 18.6 Å². The molecule has 1 nitrogen and oxygen atoms in total. The number of halogens is 4. The first-order valence-corrected chi connectivity index (χ1v) is 5.94. The van der Waals surface area contributed by atoms with Crippen molar-refractivity contribution < 1.29 is 13.2 Å². The van der Waals surface area contributed by atoms with Crippen LogP contribution in [0.15, 0.2) is 18.2 Å². The summed E-state index contributed by atoms with van der Waals surface area (Å²) in [6.07, 6.45) is -1.54. The van der Waals surface area contributed by atoms with E-state index in [9.17, 15) is 13.2 Å². The first-order chi connectivity index (χ1) is 7.96. The molecule has 0 aliphatic heterocycles. The summed E-state index contributed by atoms with van der Waals surface area (Å²) >= 11 is 5.79. The molecule has 0 radical (unpaired) electrons. The monoisotopic (exact) mass is 265 g/mol. The minimum atomic E-state index is -4.38. The smallest absolute Gasteiger partial charge is 0.383 e. The predicted octanol–water partition coefficient (Wildman–Crippen LogP) is 4.96. The van der Waals surface area contributed by atoms with Gasteiger partial charge < -0.3 is 5.32 Å². The molecular weight excluding hydrogens is 251 g/mol. The van der Waals surface area contributed by atoms with Crippen LogP contribution >= 0.6 is 11.6 Å². The van der Waals surface area contributed by atoms with Gasteiger partial charge in [-0.1, -0.05) is 37.4 Å². The molecule has 0 heterocycles. The number of anilines is 1. The Hall–Kier alpha value is -0.900. The van der Waals surface area contributed by atoms with E-state index in [4.69, 9.17) is 11.6 Å². The van der Waals surface area contributed by atoms with Gasteiger partial charge in [-0.3, -0.25) is 0 Å². The van der Waals surface area contributed by atoms with E-state index < -0.39 is 11.7 Å². The Bertz CT molecular complexity index is 363. The maximum absolute atomic E-state index is 12.7. The van der Waals surface area contributed by atoms with Gasteiger partial charge in [-0.15, -0.1) is 0 Å². The quantitative estimate of drug-likeness (QED) is 0.742. The molecule has 5 heteroatoms. The van der Waals surface area contributed by atoms with E-state index in [-0.39, 0.29) is 10.7 Å². The summed E-state index contributed by atoms with van der Waals surface area (Å²) in [7, 11) is 0. The lowest BCUT2D eigenvalue weighted by Gasteiger charge is -2.15. The van der Waals surface area contributed by atoms with Crippen LogP contribution in [0.2, 0.25) is 5.02 Å². The maximum atomic E-state index is 12.7. The lowest BCUT2D eigenvalue weighted by molar-refractivity contribution is -0.136. The van der Waals surface area contributed by atoms with Gasteiger partial charge in [-0.25, -0.2) is 0 Å². The largest absolute Gasteiger partial charge is 0.418 e. The van der Waals surface area contributed by atoms with Gasteiger partial charge in [0.2, 0.25) is 0 Å². The van der Waals surface area contributed by atoms with Gasteiger partial charge >= 0.3 is 6.18 Å². The van der Waals surface area contributed by atoms with Crippen molar-refractivity contribution in [1.29, 1.82) is 0 Å². The molecule has 0 unspecified atom stereocenters.